The van der Waals surface area contributed by atoms with Crippen LogP contribution in [0.25, 0.3) is 0 Å². The third-order valence-electron chi connectivity index (χ3n) is 11.4. The Morgan fingerprint density at radius 1 is 1.06 bits per heavy atom. The number of allylic oxidation sites excluding steroid dienone is 2. The molecule has 3 fully saturated rings. The molecule has 8 atom stereocenters. The van der Waals surface area contributed by atoms with Gasteiger partial charge in [0.2, 0.25) is 0 Å². The zero-order valence-corrected chi connectivity index (χ0v) is 22.1. The van der Waals surface area contributed by atoms with Gasteiger partial charge in [0.05, 0.1) is 0 Å². The summed E-state index contributed by atoms with van der Waals surface area (Å²) in [5, 5.41) is 0. The minimum atomic E-state index is -0.105. The number of esters is 1. The minimum absolute atomic E-state index is 0.105. The van der Waals surface area contributed by atoms with Crippen molar-refractivity contribution in [3.05, 3.63) is 11.6 Å². The number of hydrogen-bond donors (Lipinski definition) is 0. The van der Waals surface area contributed by atoms with Crippen molar-refractivity contribution in [2.24, 2.45) is 45.8 Å². The molecule has 0 aromatic heterocycles. The molecule has 0 spiro atoms. The van der Waals surface area contributed by atoms with Crippen molar-refractivity contribution in [2.75, 3.05) is 0 Å². The van der Waals surface area contributed by atoms with Crippen LogP contribution in [0.3, 0.4) is 0 Å². The molecule has 0 bridgehead atoms. The standard InChI is InChI=1S/C30H50O2/c1-20(2)9-8-10-21(3)25-14-17-30(7)27-12-11-23-19-24(32-22(4)31)13-16-28(23,5)26(27)15-18-29(25,30)6/h12,20-21,23-26H,8-11,13-19H2,1-7H3/t21-,23?,24?,25-,26+,28+,29-,30+/m1/s1. The van der Waals surface area contributed by atoms with Gasteiger partial charge in [0.25, 0.3) is 0 Å². The maximum Gasteiger partial charge on any atom is 0.302 e. The molecule has 0 saturated heterocycles. The van der Waals surface area contributed by atoms with Gasteiger partial charge in [-0.1, -0.05) is 72.5 Å². The summed E-state index contributed by atoms with van der Waals surface area (Å²) in [5.41, 5.74) is 3.08. The number of fused-ring (bicyclic) bond motifs is 5. The summed E-state index contributed by atoms with van der Waals surface area (Å²) >= 11 is 0. The zero-order valence-electron chi connectivity index (χ0n) is 22.1. The molecule has 2 heteroatoms. The highest BCUT2D eigenvalue weighted by Gasteiger charge is 2.63. The molecule has 32 heavy (non-hydrogen) atoms. The molecule has 0 aromatic rings. The number of hydrogen-bond acceptors (Lipinski definition) is 2. The van der Waals surface area contributed by atoms with Gasteiger partial charge in [0.1, 0.15) is 6.10 Å². The molecule has 4 aliphatic carbocycles. The summed E-state index contributed by atoms with van der Waals surface area (Å²) in [6.45, 7) is 16.8. The lowest BCUT2D eigenvalue weighted by molar-refractivity contribution is -0.152. The summed E-state index contributed by atoms with van der Waals surface area (Å²) in [6, 6.07) is 0. The second kappa shape index (κ2) is 8.77. The molecule has 0 heterocycles. The smallest absolute Gasteiger partial charge is 0.302 e. The van der Waals surface area contributed by atoms with Crippen molar-refractivity contribution in [3.63, 3.8) is 0 Å². The number of carbonyl (C=O) groups is 1. The Morgan fingerprint density at radius 3 is 2.50 bits per heavy atom. The highest BCUT2D eigenvalue weighted by atomic mass is 16.5. The average Bonchev–Trinajstić information content (AvgIpc) is 2.99. The van der Waals surface area contributed by atoms with Gasteiger partial charge in [-0.25, -0.2) is 0 Å². The minimum Gasteiger partial charge on any atom is -0.463 e. The summed E-state index contributed by atoms with van der Waals surface area (Å²) in [4.78, 5) is 11.5. The monoisotopic (exact) mass is 442 g/mol. The van der Waals surface area contributed by atoms with E-state index in [0.717, 1.165) is 36.5 Å². The lowest BCUT2D eigenvalue weighted by Gasteiger charge is -2.61. The molecular formula is C30H50O2. The highest BCUT2D eigenvalue weighted by molar-refractivity contribution is 5.66. The van der Waals surface area contributed by atoms with Gasteiger partial charge in [-0.3, -0.25) is 4.79 Å². The lowest BCUT2D eigenvalue weighted by Crippen LogP contribution is -2.53. The van der Waals surface area contributed by atoms with Crippen molar-refractivity contribution in [2.45, 2.75) is 125 Å². The van der Waals surface area contributed by atoms with Crippen LogP contribution >= 0.6 is 0 Å². The molecule has 0 N–H and O–H groups in total. The fourth-order valence-electron chi connectivity index (χ4n) is 9.21. The Kier molecular flexibility index (Phi) is 6.67. The van der Waals surface area contributed by atoms with E-state index in [1.807, 2.05) is 5.57 Å². The van der Waals surface area contributed by atoms with Gasteiger partial charge < -0.3 is 4.74 Å². The van der Waals surface area contributed by atoms with E-state index in [0.29, 0.717) is 22.2 Å². The molecule has 0 amide bonds. The first-order chi connectivity index (χ1) is 15.0. The Bertz CT molecular complexity index is 737. The average molecular weight is 443 g/mol. The number of rotatable bonds is 6. The van der Waals surface area contributed by atoms with Crippen LogP contribution in [0.2, 0.25) is 0 Å². The van der Waals surface area contributed by atoms with Crippen molar-refractivity contribution in [1.29, 1.82) is 0 Å². The van der Waals surface area contributed by atoms with E-state index in [9.17, 15) is 4.79 Å². The van der Waals surface area contributed by atoms with Crippen LogP contribution in [-0.2, 0) is 9.53 Å². The molecule has 182 valence electrons. The largest absolute Gasteiger partial charge is 0.463 e. The van der Waals surface area contributed by atoms with Crippen molar-refractivity contribution in [3.8, 4) is 0 Å². The van der Waals surface area contributed by atoms with Crippen LogP contribution in [0.15, 0.2) is 11.6 Å². The normalized spacial score (nSPS) is 44.3. The van der Waals surface area contributed by atoms with Crippen molar-refractivity contribution < 1.29 is 9.53 Å². The Hall–Kier alpha value is -0.790. The topological polar surface area (TPSA) is 26.3 Å². The second-order valence-corrected chi connectivity index (χ2v) is 13.4. The molecule has 2 nitrogen and oxygen atoms in total. The first-order valence-corrected chi connectivity index (χ1v) is 13.9. The van der Waals surface area contributed by atoms with Crippen LogP contribution in [-0.4, -0.2) is 12.1 Å². The molecule has 0 radical (unpaired) electrons. The van der Waals surface area contributed by atoms with Crippen LogP contribution < -0.4 is 0 Å². The SMILES string of the molecule is CC(=O)OC1CC[C@@]2(C)C(CC=C3[C@@H]2CC[C@]2(C)[C@@H]([C@H](C)CCCC(C)C)CC[C@@]32C)C1. The van der Waals surface area contributed by atoms with Crippen LogP contribution in [0, 0.1) is 45.8 Å². The fourth-order valence-corrected chi connectivity index (χ4v) is 9.21. The van der Waals surface area contributed by atoms with Crippen LogP contribution in [0.4, 0.5) is 0 Å². The van der Waals surface area contributed by atoms with Gasteiger partial charge in [0, 0.05) is 6.92 Å². The van der Waals surface area contributed by atoms with E-state index in [-0.39, 0.29) is 12.1 Å². The van der Waals surface area contributed by atoms with Gasteiger partial charge in [-0.2, -0.15) is 0 Å². The lowest BCUT2D eigenvalue weighted by atomic mass is 9.43. The zero-order chi connectivity index (χ0) is 23.3. The summed E-state index contributed by atoms with van der Waals surface area (Å²) < 4.78 is 5.65. The van der Waals surface area contributed by atoms with Crippen molar-refractivity contribution >= 4 is 5.97 Å². The van der Waals surface area contributed by atoms with E-state index in [1.165, 1.54) is 57.8 Å². The Balaban J connectivity index is 1.53. The van der Waals surface area contributed by atoms with E-state index in [2.05, 4.69) is 47.6 Å². The van der Waals surface area contributed by atoms with E-state index in [4.69, 9.17) is 4.74 Å². The molecule has 4 aliphatic rings. The predicted octanol–water partition coefficient (Wildman–Crippen LogP) is 8.35. The molecule has 0 aliphatic heterocycles. The van der Waals surface area contributed by atoms with Crippen LogP contribution in [0.5, 0.6) is 0 Å². The molecule has 2 unspecified atom stereocenters. The third kappa shape index (κ3) is 3.90. The first kappa shape index (κ1) is 24.3. The maximum atomic E-state index is 11.5. The summed E-state index contributed by atoms with van der Waals surface area (Å²) in [7, 11) is 0. The summed E-state index contributed by atoms with van der Waals surface area (Å²) in [5.74, 6) is 3.88. The van der Waals surface area contributed by atoms with Crippen molar-refractivity contribution in [1.82, 2.24) is 0 Å². The molecular weight excluding hydrogens is 392 g/mol. The van der Waals surface area contributed by atoms with E-state index >= 15 is 0 Å². The predicted molar refractivity (Wildman–Crippen MR) is 133 cm³/mol. The fraction of sp³-hybridized carbons (Fsp3) is 0.900. The maximum absolute atomic E-state index is 11.5. The number of carbonyl (C=O) groups excluding carboxylic acids is 1. The van der Waals surface area contributed by atoms with Gasteiger partial charge >= 0.3 is 5.97 Å². The number of ether oxygens (including phenoxy) is 1. The second-order valence-electron chi connectivity index (χ2n) is 13.4. The van der Waals surface area contributed by atoms with Gasteiger partial charge in [-0.05, 0) is 97.2 Å². The summed E-state index contributed by atoms with van der Waals surface area (Å²) in [6.07, 6.45) is 17.2. The van der Waals surface area contributed by atoms with Gasteiger partial charge in [0.15, 0.2) is 0 Å². The van der Waals surface area contributed by atoms with E-state index < -0.39 is 0 Å². The van der Waals surface area contributed by atoms with Gasteiger partial charge in [-0.15, -0.1) is 0 Å². The third-order valence-corrected chi connectivity index (χ3v) is 11.4. The van der Waals surface area contributed by atoms with E-state index in [1.54, 1.807) is 6.92 Å². The van der Waals surface area contributed by atoms with Crippen LogP contribution in [0.1, 0.15) is 119 Å². The first-order valence-electron chi connectivity index (χ1n) is 13.9. The Morgan fingerprint density at radius 2 is 1.81 bits per heavy atom. The molecule has 0 aromatic carbocycles. The molecule has 3 saturated carbocycles. The highest BCUT2D eigenvalue weighted by Crippen LogP contribution is 2.72. The Labute approximate surface area is 198 Å². The quantitative estimate of drug-likeness (QED) is 0.305. The molecule has 4 rings (SSSR count).